The Labute approximate surface area is 198 Å². The summed E-state index contributed by atoms with van der Waals surface area (Å²) in [5, 5.41) is 16.7. The Hall–Kier alpha value is -3.33. The highest BCUT2D eigenvalue weighted by Gasteiger charge is 2.59. The number of hydrogen-bond acceptors (Lipinski definition) is 6. The van der Waals surface area contributed by atoms with E-state index in [0.717, 1.165) is 22.6 Å². The molecule has 0 aromatic heterocycles. The molecule has 4 atom stereocenters. The van der Waals surface area contributed by atoms with E-state index < -0.39 is 4.92 Å². The van der Waals surface area contributed by atoms with Gasteiger partial charge in [0, 0.05) is 11.6 Å². The standard InChI is InChI=1S/C24H20BrN3O5/c1-13-2-4-14(5-3-13)12-33-22-18(25)8-15(9-19(22)28(31)32)11-26-27-23(29)20-16-6-7-17(10-16)21(20)24(27)30/h2-9,11,16-17,20-21H,10,12H2,1H3/t16-,17-,20-,21+/m0/s1. The van der Waals surface area contributed by atoms with Crippen LogP contribution in [-0.2, 0) is 16.2 Å². The monoisotopic (exact) mass is 509 g/mol. The van der Waals surface area contributed by atoms with Crippen molar-refractivity contribution in [3.05, 3.63) is 79.8 Å². The third-order valence-corrected chi connectivity index (χ3v) is 7.11. The Bertz CT molecular complexity index is 1190. The highest BCUT2D eigenvalue weighted by molar-refractivity contribution is 9.10. The minimum atomic E-state index is -0.535. The summed E-state index contributed by atoms with van der Waals surface area (Å²) < 4.78 is 6.12. The number of aryl methyl sites for hydroxylation is 1. The molecular weight excluding hydrogens is 490 g/mol. The second kappa shape index (κ2) is 8.22. The molecule has 8 nitrogen and oxygen atoms in total. The summed E-state index contributed by atoms with van der Waals surface area (Å²) in [5.74, 6) is -1.00. The van der Waals surface area contributed by atoms with Gasteiger partial charge in [0.05, 0.1) is 27.4 Å². The predicted octanol–water partition coefficient (Wildman–Crippen LogP) is 4.39. The Morgan fingerprint density at radius 1 is 1.15 bits per heavy atom. The maximum absolute atomic E-state index is 12.8. The number of ether oxygens (including phenoxy) is 1. The SMILES string of the molecule is Cc1ccc(COc2c(Br)cc(C=NN3C(=O)[C@@H]4[C@H](C3=O)[C@H]3C=C[C@H]4C3)cc2[N+](=O)[O-])cc1. The van der Waals surface area contributed by atoms with Crippen LogP contribution in [-0.4, -0.2) is 28.0 Å². The lowest BCUT2D eigenvalue weighted by molar-refractivity contribution is -0.386. The van der Waals surface area contributed by atoms with Crippen molar-refractivity contribution in [3.63, 3.8) is 0 Å². The zero-order chi connectivity index (χ0) is 23.3. The summed E-state index contributed by atoms with van der Waals surface area (Å²) >= 11 is 3.35. The number of carbonyl (C=O) groups is 2. The van der Waals surface area contributed by atoms with Crippen molar-refractivity contribution in [1.82, 2.24) is 5.01 Å². The quantitative estimate of drug-likeness (QED) is 0.189. The number of allylic oxidation sites excluding steroid dienone is 2. The van der Waals surface area contributed by atoms with Gasteiger partial charge in [0.2, 0.25) is 5.75 Å². The fourth-order valence-electron chi connectivity index (χ4n) is 4.92. The molecule has 3 aliphatic rings. The highest BCUT2D eigenvalue weighted by Crippen LogP contribution is 2.52. The van der Waals surface area contributed by atoms with Crippen LogP contribution < -0.4 is 4.74 Å². The highest BCUT2D eigenvalue weighted by atomic mass is 79.9. The number of amides is 2. The summed E-state index contributed by atoms with van der Waals surface area (Å²) in [6.07, 6.45) is 6.17. The van der Waals surface area contributed by atoms with Gasteiger partial charge in [-0.2, -0.15) is 10.1 Å². The van der Waals surface area contributed by atoms with Crippen LogP contribution >= 0.6 is 15.9 Å². The maximum atomic E-state index is 12.8. The number of hydrogen-bond donors (Lipinski definition) is 0. The topological polar surface area (TPSA) is 102 Å². The summed E-state index contributed by atoms with van der Waals surface area (Å²) in [7, 11) is 0. The lowest BCUT2D eigenvalue weighted by atomic mass is 9.85. The molecule has 0 radical (unpaired) electrons. The molecule has 2 aliphatic carbocycles. The van der Waals surface area contributed by atoms with Crippen molar-refractivity contribution in [3.8, 4) is 5.75 Å². The van der Waals surface area contributed by atoms with Gasteiger partial charge < -0.3 is 4.74 Å². The summed E-state index contributed by atoms with van der Waals surface area (Å²) in [6.45, 7) is 2.15. The van der Waals surface area contributed by atoms with E-state index in [4.69, 9.17) is 4.74 Å². The first kappa shape index (κ1) is 21.5. The van der Waals surface area contributed by atoms with E-state index in [0.29, 0.717) is 10.0 Å². The molecule has 0 spiro atoms. The molecule has 5 rings (SSSR count). The van der Waals surface area contributed by atoms with E-state index in [9.17, 15) is 19.7 Å². The van der Waals surface area contributed by atoms with Gasteiger partial charge in [0.25, 0.3) is 11.8 Å². The molecule has 168 valence electrons. The summed E-state index contributed by atoms with van der Waals surface area (Å²) in [4.78, 5) is 36.7. The number of imide groups is 1. The molecule has 0 unspecified atom stereocenters. The van der Waals surface area contributed by atoms with Crippen LogP contribution in [0.25, 0.3) is 0 Å². The van der Waals surface area contributed by atoms with Crippen LogP contribution in [0.1, 0.15) is 23.1 Å². The molecule has 2 aromatic carbocycles. The van der Waals surface area contributed by atoms with Crippen LogP contribution in [0.3, 0.4) is 0 Å². The van der Waals surface area contributed by atoms with Crippen molar-refractivity contribution < 1.29 is 19.2 Å². The van der Waals surface area contributed by atoms with Gasteiger partial charge in [-0.25, -0.2) is 0 Å². The molecule has 0 N–H and O–H groups in total. The van der Waals surface area contributed by atoms with Gasteiger partial charge in [-0.15, -0.1) is 0 Å². The van der Waals surface area contributed by atoms with Crippen molar-refractivity contribution in [2.45, 2.75) is 20.0 Å². The van der Waals surface area contributed by atoms with Gasteiger partial charge in [0.1, 0.15) is 6.61 Å². The smallest absolute Gasteiger partial charge is 0.312 e. The molecular formula is C24H20BrN3O5. The number of fused-ring (bicyclic) bond motifs is 5. The third-order valence-electron chi connectivity index (χ3n) is 6.52. The van der Waals surface area contributed by atoms with E-state index in [1.165, 1.54) is 12.3 Å². The number of nitrogens with zero attached hydrogens (tertiary/aromatic N) is 3. The molecule has 1 saturated heterocycles. The van der Waals surface area contributed by atoms with Crippen LogP contribution in [0.15, 0.2) is 58.1 Å². The van der Waals surface area contributed by atoms with E-state index in [-0.39, 0.29) is 53.5 Å². The zero-order valence-electron chi connectivity index (χ0n) is 17.7. The van der Waals surface area contributed by atoms with E-state index in [2.05, 4.69) is 21.0 Å². The van der Waals surface area contributed by atoms with Gasteiger partial charge in [0.15, 0.2) is 0 Å². The number of hydrazone groups is 1. The van der Waals surface area contributed by atoms with E-state index >= 15 is 0 Å². The molecule has 2 amide bonds. The fourth-order valence-corrected chi connectivity index (χ4v) is 5.50. The van der Waals surface area contributed by atoms with Crippen LogP contribution in [0.4, 0.5) is 5.69 Å². The largest absolute Gasteiger partial charge is 0.481 e. The lowest BCUT2D eigenvalue weighted by Crippen LogP contribution is -2.28. The average molecular weight is 510 g/mol. The van der Waals surface area contributed by atoms with Crippen molar-refractivity contribution in [2.75, 3.05) is 0 Å². The molecule has 1 saturated carbocycles. The number of rotatable bonds is 6. The lowest BCUT2D eigenvalue weighted by Gasteiger charge is -2.13. The van der Waals surface area contributed by atoms with E-state index in [1.807, 2.05) is 43.3 Å². The van der Waals surface area contributed by atoms with Gasteiger partial charge in [-0.05, 0) is 52.7 Å². The fraction of sp³-hybridized carbons (Fsp3) is 0.292. The molecule has 33 heavy (non-hydrogen) atoms. The Kier molecular flexibility index (Phi) is 5.36. The molecule has 2 aromatic rings. The number of benzene rings is 2. The first-order valence-electron chi connectivity index (χ1n) is 10.6. The van der Waals surface area contributed by atoms with Gasteiger partial charge >= 0.3 is 5.69 Å². The number of halogens is 1. The van der Waals surface area contributed by atoms with Crippen molar-refractivity contribution >= 4 is 39.6 Å². The molecule has 2 bridgehead atoms. The normalized spacial score (nSPS) is 25.3. The van der Waals surface area contributed by atoms with Crippen molar-refractivity contribution in [1.29, 1.82) is 0 Å². The molecule has 2 fully saturated rings. The molecule has 9 heteroatoms. The third kappa shape index (κ3) is 3.76. The van der Waals surface area contributed by atoms with Crippen LogP contribution in [0, 0.1) is 40.7 Å². The van der Waals surface area contributed by atoms with Gasteiger partial charge in [-0.1, -0.05) is 42.0 Å². The van der Waals surface area contributed by atoms with E-state index in [1.54, 1.807) is 6.07 Å². The summed E-state index contributed by atoms with van der Waals surface area (Å²) in [6, 6.07) is 10.6. The minimum absolute atomic E-state index is 0.0943. The first-order valence-corrected chi connectivity index (χ1v) is 11.4. The Morgan fingerprint density at radius 2 is 1.79 bits per heavy atom. The Morgan fingerprint density at radius 3 is 2.39 bits per heavy atom. The molecule has 1 heterocycles. The minimum Gasteiger partial charge on any atom is -0.481 e. The second-order valence-corrected chi connectivity index (χ2v) is 9.47. The summed E-state index contributed by atoms with van der Waals surface area (Å²) in [5.41, 5.74) is 2.12. The average Bonchev–Trinajstić information content (AvgIpc) is 3.46. The number of nitro benzene ring substituents is 1. The Balaban J connectivity index is 1.36. The van der Waals surface area contributed by atoms with Crippen molar-refractivity contribution in [2.24, 2.45) is 28.8 Å². The second-order valence-electron chi connectivity index (χ2n) is 8.62. The number of carbonyl (C=O) groups excluding carboxylic acids is 2. The zero-order valence-corrected chi connectivity index (χ0v) is 19.3. The predicted molar refractivity (Wildman–Crippen MR) is 123 cm³/mol. The molecule has 1 aliphatic heterocycles. The van der Waals surface area contributed by atoms with Crippen LogP contribution in [0.2, 0.25) is 0 Å². The van der Waals surface area contributed by atoms with Crippen LogP contribution in [0.5, 0.6) is 5.75 Å². The first-order chi connectivity index (χ1) is 15.8. The number of nitro groups is 1. The maximum Gasteiger partial charge on any atom is 0.312 e. The van der Waals surface area contributed by atoms with Gasteiger partial charge in [-0.3, -0.25) is 19.7 Å².